The van der Waals surface area contributed by atoms with E-state index in [1.165, 1.54) is 16.6 Å². The number of sulfonamides is 1. The van der Waals surface area contributed by atoms with Crippen molar-refractivity contribution in [2.24, 2.45) is 0 Å². The fourth-order valence-corrected chi connectivity index (χ4v) is 4.78. The summed E-state index contributed by atoms with van der Waals surface area (Å²) < 4.78 is 38.9. The van der Waals surface area contributed by atoms with Crippen LogP contribution in [0.1, 0.15) is 45.1 Å². The number of aromatic nitrogens is 1. The number of hydrogen-bond donors (Lipinski definition) is 1. The largest absolute Gasteiger partial charge is 0.474 e. The molecule has 1 aromatic carbocycles. The second-order valence-corrected chi connectivity index (χ2v) is 10.3. The first-order valence-electron chi connectivity index (χ1n) is 9.89. The van der Waals surface area contributed by atoms with Gasteiger partial charge in [0, 0.05) is 0 Å². The standard InChI is InChI=1S/C21H25N3O5S/c1-21(2,3)29-20(25)23-16-12-18-19(22-13-16)28-10-9-24(18)30(26,27)17-6-4-5-15(11-17)14-7-8-14/h4-6,11-14H,7-10H2,1-3H3,(H,23,25). The number of pyridine rings is 1. The number of carbonyl (C=O) groups is 1. The molecule has 0 bridgehead atoms. The Hall–Kier alpha value is -2.81. The van der Waals surface area contributed by atoms with Gasteiger partial charge in [0.1, 0.15) is 17.9 Å². The van der Waals surface area contributed by atoms with E-state index in [1.807, 2.05) is 6.07 Å². The molecule has 1 saturated carbocycles. The number of rotatable bonds is 4. The Morgan fingerprint density at radius 3 is 2.73 bits per heavy atom. The van der Waals surface area contributed by atoms with E-state index in [-0.39, 0.29) is 29.6 Å². The van der Waals surface area contributed by atoms with Crippen molar-refractivity contribution in [3.8, 4) is 5.88 Å². The molecule has 1 amide bonds. The minimum absolute atomic E-state index is 0.153. The number of amides is 1. The molecule has 2 aliphatic rings. The van der Waals surface area contributed by atoms with Gasteiger partial charge in [0.05, 0.1) is 23.3 Å². The smallest absolute Gasteiger partial charge is 0.412 e. The van der Waals surface area contributed by atoms with Crippen molar-refractivity contribution in [2.75, 3.05) is 22.8 Å². The van der Waals surface area contributed by atoms with Gasteiger partial charge in [0.15, 0.2) is 0 Å². The maximum Gasteiger partial charge on any atom is 0.412 e. The van der Waals surface area contributed by atoms with E-state index in [2.05, 4.69) is 10.3 Å². The van der Waals surface area contributed by atoms with Crippen molar-refractivity contribution >= 4 is 27.5 Å². The van der Waals surface area contributed by atoms with Crippen molar-refractivity contribution in [3.05, 3.63) is 42.1 Å². The molecule has 1 N–H and O–H groups in total. The van der Waals surface area contributed by atoms with Crippen LogP contribution in [0.3, 0.4) is 0 Å². The fraction of sp³-hybridized carbons (Fsp3) is 0.429. The van der Waals surface area contributed by atoms with E-state index in [1.54, 1.807) is 39.0 Å². The van der Waals surface area contributed by atoms with Crippen LogP contribution >= 0.6 is 0 Å². The number of carbonyl (C=O) groups excluding carboxylic acids is 1. The van der Waals surface area contributed by atoms with Gasteiger partial charge in [-0.1, -0.05) is 12.1 Å². The Bertz CT molecular complexity index is 1070. The number of benzene rings is 1. The van der Waals surface area contributed by atoms with Gasteiger partial charge in [-0.25, -0.2) is 18.2 Å². The fourth-order valence-electron chi connectivity index (χ4n) is 3.29. The summed E-state index contributed by atoms with van der Waals surface area (Å²) in [5.74, 6) is 0.654. The molecule has 1 fully saturated rings. The monoisotopic (exact) mass is 431 g/mol. The molecule has 2 heterocycles. The molecule has 160 valence electrons. The van der Waals surface area contributed by atoms with Crippen LogP contribution in [-0.2, 0) is 14.8 Å². The van der Waals surface area contributed by atoms with E-state index in [4.69, 9.17) is 9.47 Å². The molecular formula is C21H25N3O5S. The Balaban J connectivity index is 1.64. The Morgan fingerprint density at radius 1 is 1.27 bits per heavy atom. The zero-order valence-corrected chi connectivity index (χ0v) is 18.0. The van der Waals surface area contributed by atoms with E-state index in [0.717, 1.165) is 18.4 Å². The van der Waals surface area contributed by atoms with Gasteiger partial charge in [0.25, 0.3) is 10.0 Å². The first-order chi connectivity index (χ1) is 14.1. The quantitative estimate of drug-likeness (QED) is 0.789. The normalized spacial score (nSPS) is 16.4. The van der Waals surface area contributed by atoms with Gasteiger partial charge < -0.3 is 9.47 Å². The predicted octanol–water partition coefficient (Wildman–Crippen LogP) is 3.89. The average molecular weight is 432 g/mol. The van der Waals surface area contributed by atoms with Crippen LogP contribution in [0, 0.1) is 0 Å². The lowest BCUT2D eigenvalue weighted by Crippen LogP contribution is -2.38. The molecule has 0 atom stereocenters. The zero-order chi connectivity index (χ0) is 21.5. The van der Waals surface area contributed by atoms with Crippen molar-refractivity contribution in [3.63, 3.8) is 0 Å². The molecule has 1 aromatic heterocycles. The van der Waals surface area contributed by atoms with Crippen LogP contribution in [0.4, 0.5) is 16.2 Å². The second kappa shape index (κ2) is 7.46. The molecule has 0 unspecified atom stereocenters. The molecule has 2 aromatic rings. The van der Waals surface area contributed by atoms with Gasteiger partial charge in [0.2, 0.25) is 5.88 Å². The lowest BCUT2D eigenvalue weighted by molar-refractivity contribution is 0.0636. The first-order valence-corrected chi connectivity index (χ1v) is 11.3. The van der Waals surface area contributed by atoms with E-state index in [0.29, 0.717) is 11.6 Å². The zero-order valence-electron chi connectivity index (χ0n) is 17.2. The summed E-state index contributed by atoms with van der Waals surface area (Å²) in [4.78, 5) is 16.5. The highest BCUT2D eigenvalue weighted by molar-refractivity contribution is 7.92. The van der Waals surface area contributed by atoms with Crippen LogP contribution in [0.25, 0.3) is 0 Å². The van der Waals surface area contributed by atoms with Crippen LogP contribution in [-0.4, -0.2) is 38.2 Å². The summed E-state index contributed by atoms with van der Waals surface area (Å²) in [6.45, 7) is 5.63. The SMILES string of the molecule is CC(C)(C)OC(=O)Nc1cnc2c(c1)N(S(=O)(=O)c1cccc(C3CC3)c1)CCO2. The third-order valence-electron chi connectivity index (χ3n) is 4.77. The summed E-state index contributed by atoms with van der Waals surface area (Å²) >= 11 is 0. The van der Waals surface area contributed by atoms with E-state index < -0.39 is 21.7 Å². The third-order valence-corrected chi connectivity index (χ3v) is 6.58. The molecular weight excluding hydrogens is 406 g/mol. The topological polar surface area (TPSA) is 97.8 Å². The summed E-state index contributed by atoms with van der Waals surface area (Å²) in [6.07, 6.45) is 2.95. The molecule has 0 saturated heterocycles. The summed E-state index contributed by atoms with van der Waals surface area (Å²) in [5.41, 5.74) is 0.992. The van der Waals surface area contributed by atoms with Crippen molar-refractivity contribution in [2.45, 2.75) is 50.0 Å². The molecule has 0 spiro atoms. The summed E-state index contributed by atoms with van der Waals surface area (Å²) in [7, 11) is -3.81. The number of nitrogens with one attached hydrogen (secondary N) is 1. The van der Waals surface area contributed by atoms with Crippen LogP contribution < -0.4 is 14.4 Å². The highest BCUT2D eigenvalue weighted by Gasteiger charge is 2.33. The molecule has 0 radical (unpaired) electrons. The minimum atomic E-state index is -3.81. The minimum Gasteiger partial charge on any atom is -0.474 e. The van der Waals surface area contributed by atoms with E-state index >= 15 is 0 Å². The van der Waals surface area contributed by atoms with Crippen LogP contribution in [0.2, 0.25) is 0 Å². The Morgan fingerprint density at radius 2 is 2.03 bits per heavy atom. The van der Waals surface area contributed by atoms with Crippen LogP contribution in [0.15, 0.2) is 41.4 Å². The lowest BCUT2D eigenvalue weighted by Gasteiger charge is -2.30. The maximum absolute atomic E-state index is 13.4. The Kier molecular flexibility index (Phi) is 5.09. The highest BCUT2D eigenvalue weighted by Crippen LogP contribution is 2.41. The van der Waals surface area contributed by atoms with Gasteiger partial charge >= 0.3 is 6.09 Å². The summed E-state index contributed by atoms with van der Waals surface area (Å²) in [6, 6.07) is 8.63. The molecule has 30 heavy (non-hydrogen) atoms. The average Bonchev–Trinajstić information content (AvgIpc) is 3.51. The van der Waals surface area contributed by atoms with Crippen molar-refractivity contribution in [1.82, 2.24) is 4.98 Å². The molecule has 1 aliphatic heterocycles. The second-order valence-electron chi connectivity index (χ2n) is 8.45. The van der Waals surface area contributed by atoms with Crippen molar-refractivity contribution in [1.29, 1.82) is 0 Å². The molecule has 1 aliphatic carbocycles. The number of hydrogen-bond acceptors (Lipinski definition) is 6. The first kappa shape index (κ1) is 20.5. The highest BCUT2D eigenvalue weighted by atomic mass is 32.2. The van der Waals surface area contributed by atoms with Gasteiger partial charge in [-0.2, -0.15) is 0 Å². The van der Waals surface area contributed by atoms with Crippen LogP contribution in [0.5, 0.6) is 5.88 Å². The molecule has 8 nitrogen and oxygen atoms in total. The van der Waals surface area contributed by atoms with Gasteiger partial charge in [-0.3, -0.25) is 9.62 Å². The number of anilines is 2. The van der Waals surface area contributed by atoms with Gasteiger partial charge in [-0.15, -0.1) is 0 Å². The number of nitrogens with zero attached hydrogens (tertiary/aromatic N) is 2. The third kappa shape index (κ3) is 4.35. The van der Waals surface area contributed by atoms with Gasteiger partial charge in [-0.05, 0) is 63.3 Å². The Labute approximate surface area is 176 Å². The van der Waals surface area contributed by atoms with Crippen molar-refractivity contribution < 1.29 is 22.7 Å². The molecule has 4 rings (SSSR count). The summed E-state index contributed by atoms with van der Waals surface area (Å²) in [5, 5.41) is 2.59. The lowest BCUT2D eigenvalue weighted by atomic mass is 10.1. The number of fused-ring (bicyclic) bond motifs is 1. The van der Waals surface area contributed by atoms with E-state index in [9.17, 15) is 13.2 Å². The molecule has 9 heteroatoms. The maximum atomic E-state index is 13.4. The number of ether oxygens (including phenoxy) is 2. The predicted molar refractivity (Wildman–Crippen MR) is 113 cm³/mol.